The summed E-state index contributed by atoms with van der Waals surface area (Å²) in [5, 5.41) is 7.05. The van der Waals surface area contributed by atoms with Gasteiger partial charge in [-0.05, 0) is 0 Å². The fourth-order valence-corrected chi connectivity index (χ4v) is 2.99. The molecule has 0 spiro atoms. The number of aromatic nitrogens is 4. The van der Waals surface area contributed by atoms with Crippen LogP contribution >= 0.6 is 11.3 Å². The molecule has 8 nitrogen and oxygen atoms in total. The zero-order valence-electron chi connectivity index (χ0n) is 8.62. The van der Waals surface area contributed by atoms with Crippen LogP contribution in [0.5, 0.6) is 0 Å². The van der Waals surface area contributed by atoms with Crippen molar-refractivity contribution < 1.29 is 8.42 Å². The topological polar surface area (TPSA) is 127 Å². The van der Waals surface area contributed by atoms with Crippen molar-refractivity contribution in [3.8, 4) is 0 Å². The Kier molecular flexibility index (Phi) is 3.36. The van der Waals surface area contributed by atoms with Gasteiger partial charge in [0.15, 0.2) is 0 Å². The molecule has 92 valence electrons. The molecular weight excluding hydrogens is 264 g/mol. The smallest absolute Gasteiger partial charge is 0.269 e. The monoisotopic (exact) mass is 274 g/mol. The molecule has 0 unspecified atom stereocenters. The van der Waals surface area contributed by atoms with Gasteiger partial charge in [0, 0.05) is 24.9 Å². The molecule has 2 aromatic heterocycles. The highest BCUT2D eigenvalue weighted by atomic mass is 32.2. The van der Waals surface area contributed by atoms with Gasteiger partial charge in [-0.3, -0.25) is 0 Å². The number of nitrogens with one attached hydrogen (secondary N) is 2. The summed E-state index contributed by atoms with van der Waals surface area (Å²) in [6.07, 6.45) is 3.69. The van der Waals surface area contributed by atoms with Gasteiger partial charge in [-0.2, -0.15) is 0 Å². The van der Waals surface area contributed by atoms with Gasteiger partial charge in [0.25, 0.3) is 10.0 Å². The van der Waals surface area contributed by atoms with Crippen LogP contribution in [-0.2, 0) is 16.4 Å². The van der Waals surface area contributed by atoms with Gasteiger partial charge < -0.3 is 10.7 Å². The molecule has 0 amide bonds. The molecule has 2 rings (SSSR count). The van der Waals surface area contributed by atoms with Gasteiger partial charge in [-0.25, -0.2) is 18.1 Å². The van der Waals surface area contributed by atoms with E-state index in [1.54, 1.807) is 6.20 Å². The van der Waals surface area contributed by atoms with Crippen LogP contribution in [0.4, 0.5) is 5.13 Å². The highest BCUT2D eigenvalue weighted by Crippen LogP contribution is 2.16. The van der Waals surface area contributed by atoms with Crippen molar-refractivity contribution in [3.63, 3.8) is 0 Å². The Hall–Kier alpha value is -1.52. The maximum Gasteiger partial charge on any atom is 0.269 e. The SMILES string of the molecule is Nc1nnc(S(=O)(=O)NCCc2cnc[nH]2)s1. The Labute approximate surface area is 101 Å². The van der Waals surface area contributed by atoms with Gasteiger partial charge in [0.05, 0.1) is 6.33 Å². The van der Waals surface area contributed by atoms with Crippen LogP contribution in [0.15, 0.2) is 16.9 Å². The second-order valence-electron chi connectivity index (χ2n) is 3.13. The summed E-state index contributed by atoms with van der Waals surface area (Å²) < 4.78 is 25.7. The second kappa shape index (κ2) is 4.77. The number of imidazole rings is 1. The van der Waals surface area contributed by atoms with Crippen LogP contribution in [0, 0.1) is 0 Å². The summed E-state index contributed by atoms with van der Waals surface area (Å²) >= 11 is 0.828. The van der Waals surface area contributed by atoms with E-state index in [0.717, 1.165) is 17.0 Å². The van der Waals surface area contributed by atoms with Crippen molar-refractivity contribution >= 4 is 26.5 Å². The predicted molar refractivity (Wildman–Crippen MR) is 61.8 cm³/mol. The fraction of sp³-hybridized carbons (Fsp3) is 0.286. The van der Waals surface area contributed by atoms with Crippen LogP contribution in [-0.4, -0.2) is 35.1 Å². The van der Waals surface area contributed by atoms with Crippen LogP contribution in [0.25, 0.3) is 0 Å². The molecule has 0 aliphatic carbocycles. The number of rotatable bonds is 5. The number of anilines is 1. The standard InChI is InChI=1S/C7H10N6O2S2/c8-6-12-13-7(16-6)17(14,15)11-2-1-5-3-9-4-10-5/h3-4,11H,1-2H2,(H2,8,12)(H,9,10). The minimum absolute atomic E-state index is 0.124. The van der Waals surface area contributed by atoms with E-state index < -0.39 is 10.0 Å². The van der Waals surface area contributed by atoms with E-state index in [9.17, 15) is 8.42 Å². The highest BCUT2D eigenvalue weighted by Gasteiger charge is 2.18. The fourth-order valence-electron chi connectivity index (χ4n) is 1.13. The minimum atomic E-state index is -3.61. The molecule has 10 heteroatoms. The first-order chi connectivity index (χ1) is 8.08. The van der Waals surface area contributed by atoms with Crippen molar-refractivity contribution in [3.05, 3.63) is 18.2 Å². The zero-order valence-corrected chi connectivity index (χ0v) is 10.3. The predicted octanol–water partition coefficient (Wildman–Crippen LogP) is -0.636. The van der Waals surface area contributed by atoms with E-state index in [-0.39, 0.29) is 16.0 Å². The first-order valence-electron chi connectivity index (χ1n) is 4.64. The first kappa shape index (κ1) is 12.0. The second-order valence-corrected chi connectivity index (χ2v) is 6.08. The molecule has 0 saturated carbocycles. The van der Waals surface area contributed by atoms with Crippen LogP contribution in [0.3, 0.4) is 0 Å². The summed E-state index contributed by atoms with van der Waals surface area (Å²) in [7, 11) is -3.61. The highest BCUT2D eigenvalue weighted by molar-refractivity contribution is 7.91. The van der Waals surface area contributed by atoms with Crippen molar-refractivity contribution in [2.75, 3.05) is 12.3 Å². The van der Waals surface area contributed by atoms with E-state index in [1.807, 2.05) is 0 Å². The Bertz CT molecular complexity index is 575. The van der Waals surface area contributed by atoms with E-state index in [2.05, 4.69) is 24.9 Å². The first-order valence-corrected chi connectivity index (χ1v) is 6.94. The largest absolute Gasteiger partial charge is 0.374 e. The molecule has 0 aliphatic rings. The summed E-state index contributed by atoms with van der Waals surface area (Å²) in [4.78, 5) is 6.71. The number of nitrogens with two attached hydrogens (primary N) is 1. The molecule has 0 radical (unpaired) electrons. The van der Waals surface area contributed by atoms with E-state index in [4.69, 9.17) is 5.73 Å². The average Bonchev–Trinajstić information content (AvgIpc) is 2.89. The third-order valence-corrected chi connectivity index (χ3v) is 4.47. The lowest BCUT2D eigenvalue weighted by Crippen LogP contribution is -2.26. The van der Waals surface area contributed by atoms with Gasteiger partial charge in [0.2, 0.25) is 9.47 Å². The molecule has 17 heavy (non-hydrogen) atoms. The Morgan fingerprint density at radius 1 is 1.47 bits per heavy atom. The molecular formula is C7H10N6O2S2. The number of sulfonamides is 1. The normalized spacial score (nSPS) is 11.8. The molecule has 0 aromatic carbocycles. The average molecular weight is 274 g/mol. The third-order valence-electron chi connectivity index (χ3n) is 1.89. The third kappa shape index (κ3) is 2.99. The van der Waals surface area contributed by atoms with Crippen molar-refractivity contribution in [2.45, 2.75) is 10.8 Å². The van der Waals surface area contributed by atoms with Crippen LogP contribution in [0.1, 0.15) is 5.69 Å². The summed E-state index contributed by atoms with van der Waals surface area (Å²) in [5.74, 6) is 0. The molecule has 0 bridgehead atoms. The van der Waals surface area contributed by atoms with Crippen LogP contribution in [0.2, 0.25) is 0 Å². The van der Waals surface area contributed by atoms with E-state index >= 15 is 0 Å². The molecule has 0 atom stereocenters. The van der Waals surface area contributed by atoms with E-state index in [0.29, 0.717) is 6.42 Å². The zero-order chi connectivity index (χ0) is 12.3. The van der Waals surface area contributed by atoms with Gasteiger partial charge in [-0.15, -0.1) is 10.2 Å². The lowest BCUT2D eigenvalue weighted by atomic mass is 10.3. The molecule has 0 fully saturated rings. The molecule has 0 aliphatic heterocycles. The quantitative estimate of drug-likeness (QED) is 0.666. The van der Waals surface area contributed by atoms with Crippen molar-refractivity contribution in [1.29, 1.82) is 0 Å². The lowest BCUT2D eigenvalue weighted by molar-refractivity contribution is 0.579. The van der Waals surface area contributed by atoms with Crippen LogP contribution < -0.4 is 10.5 Å². The van der Waals surface area contributed by atoms with Gasteiger partial charge >= 0.3 is 0 Å². The number of hydrogen-bond donors (Lipinski definition) is 3. The number of H-pyrrole nitrogens is 1. The summed E-state index contributed by atoms with van der Waals surface area (Å²) in [5.41, 5.74) is 6.17. The summed E-state index contributed by atoms with van der Waals surface area (Å²) in [6, 6.07) is 0. The number of nitrogens with zero attached hydrogens (tertiary/aromatic N) is 3. The van der Waals surface area contributed by atoms with Gasteiger partial charge in [-0.1, -0.05) is 11.3 Å². The minimum Gasteiger partial charge on any atom is -0.374 e. The molecule has 4 N–H and O–H groups in total. The Morgan fingerprint density at radius 2 is 2.29 bits per heavy atom. The molecule has 2 heterocycles. The van der Waals surface area contributed by atoms with Crippen molar-refractivity contribution in [2.24, 2.45) is 0 Å². The number of hydrogen-bond acceptors (Lipinski definition) is 7. The number of aromatic amines is 1. The molecule has 2 aromatic rings. The van der Waals surface area contributed by atoms with Crippen molar-refractivity contribution in [1.82, 2.24) is 24.9 Å². The van der Waals surface area contributed by atoms with Gasteiger partial charge in [0.1, 0.15) is 0 Å². The Morgan fingerprint density at radius 3 is 2.88 bits per heavy atom. The van der Waals surface area contributed by atoms with E-state index in [1.165, 1.54) is 6.33 Å². The number of nitrogen functional groups attached to an aromatic ring is 1. The maximum absolute atomic E-state index is 11.7. The summed E-state index contributed by atoms with van der Waals surface area (Å²) in [6.45, 7) is 0.254. The Balaban J connectivity index is 1.94. The lowest BCUT2D eigenvalue weighted by Gasteiger charge is -2.01. The molecule has 0 saturated heterocycles. The maximum atomic E-state index is 11.7.